The first kappa shape index (κ1) is 11.5. The predicted octanol–water partition coefficient (Wildman–Crippen LogP) is 2.48. The standard InChI is InChI=1S/C13H17BrN2O/c14-11-1-2-12-10(9-11)3-4-13(17-12)5-7-16(15)8-6-13/h1-2,9H,3-8,15H2. The summed E-state index contributed by atoms with van der Waals surface area (Å²) in [5, 5.41) is 1.89. The Balaban J connectivity index is 1.83. The lowest BCUT2D eigenvalue weighted by Gasteiger charge is -2.43. The van der Waals surface area contributed by atoms with E-state index in [2.05, 4.69) is 34.1 Å². The van der Waals surface area contributed by atoms with Crippen LogP contribution in [0.25, 0.3) is 0 Å². The van der Waals surface area contributed by atoms with E-state index in [1.165, 1.54) is 5.56 Å². The van der Waals surface area contributed by atoms with Gasteiger partial charge >= 0.3 is 0 Å². The number of benzene rings is 1. The Morgan fingerprint density at radius 1 is 1.24 bits per heavy atom. The number of hydrogen-bond donors (Lipinski definition) is 1. The Hall–Kier alpha value is -0.580. The SMILES string of the molecule is NN1CCC2(CCc3cc(Br)ccc3O2)CC1. The van der Waals surface area contributed by atoms with Gasteiger partial charge in [0, 0.05) is 30.4 Å². The molecule has 2 heterocycles. The molecule has 0 atom stereocenters. The molecule has 1 aromatic carbocycles. The van der Waals surface area contributed by atoms with Crippen LogP contribution in [0.4, 0.5) is 0 Å². The number of fused-ring (bicyclic) bond motifs is 1. The third-order valence-corrected chi connectivity index (χ3v) is 4.40. The molecular weight excluding hydrogens is 280 g/mol. The van der Waals surface area contributed by atoms with Gasteiger partial charge in [-0.05, 0) is 36.6 Å². The number of ether oxygens (including phenoxy) is 1. The summed E-state index contributed by atoms with van der Waals surface area (Å²) in [4.78, 5) is 0. The second kappa shape index (κ2) is 4.26. The zero-order chi connectivity index (χ0) is 11.9. The molecule has 0 unspecified atom stereocenters. The summed E-state index contributed by atoms with van der Waals surface area (Å²) in [6.07, 6.45) is 4.31. The number of piperidine rings is 1. The van der Waals surface area contributed by atoms with Crippen molar-refractivity contribution in [3.05, 3.63) is 28.2 Å². The van der Waals surface area contributed by atoms with Crippen molar-refractivity contribution in [2.45, 2.75) is 31.3 Å². The molecule has 0 bridgehead atoms. The van der Waals surface area contributed by atoms with Crippen molar-refractivity contribution >= 4 is 15.9 Å². The minimum Gasteiger partial charge on any atom is -0.487 e. The van der Waals surface area contributed by atoms with Crippen molar-refractivity contribution in [1.29, 1.82) is 0 Å². The molecular formula is C13H17BrN2O. The molecule has 0 aliphatic carbocycles. The zero-order valence-corrected chi connectivity index (χ0v) is 11.4. The van der Waals surface area contributed by atoms with Crippen LogP contribution in [0, 0.1) is 0 Å². The highest BCUT2D eigenvalue weighted by Gasteiger charge is 2.38. The molecule has 1 aromatic rings. The predicted molar refractivity (Wildman–Crippen MR) is 70.8 cm³/mol. The first-order valence-electron chi connectivity index (χ1n) is 6.14. The van der Waals surface area contributed by atoms with E-state index in [4.69, 9.17) is 10.6 Å². The van der Waals surface area contributed by atoms with E-state index in [0.717, 1.165) is 49.0 Å². The summed E-state index contributed by atoms with van der Waals surface area (Å²) >= 11 is 3.51. The van der Waals surface area contributed by atoms with Crippen LogP contribution in [0.3, 0.4) is 0 Å². The van der Waals surface area contributed by atoms with Crippen molar-refractivity contribution in [3.8, 4) is 5.75 Å². The van der Waals surface area contributed by atoms with Gasteiger partial charge in [-0.25, -0.2) is 5.01 Å². The Morgan fingerprint density at radius 2 is 2.00 bits per heavy atom. The number of hydrazine groups is 1. The lowest BCUT2D eigenvalue weighted by Crippen LogP contribution is -2.51. The molecule has 0 saturated carbocycles. The smallest absolute Gasteiger partial charge is 0.123 e. The minimum absolute atomic E-state index is 0.0384. The number of halogens is 1. The van der Waals surface area contributed by atoms with E-state index >= 15 is 0 Å². The van der Waals surface area contributed by atoms with Crippen LogP contribution in [0.15, 0.2) is 22.7 Å². The van der Waals surface area contributed by atoms with E-state index in [9.17, 15) is 0 Å². The van der Waals surface area contributed by atoms with Gasteiger partial charge < -0.3 is 4.74 Å². The average molecular weight is 297 g/mol. The first-order chi connectivity index (χ1) is 8.17. The number of hydrogen-bond acceptors (Lipinski definition) is 3. The zero-order valence-electron chi connectivity index (χ0n) is 9.79. The summed E-state index contributed by atoms with van der Waals surface area (Å²) in [6.45, 7) is 1.87. The molecule has 0 radical (unpaired) electrons. The van der Waals surface area contributed by atoms with E-state index in [0.29, 0.717) is 0 Å². The largest absolute Gasteiger partial charge is 0.487 e. The van der Waals surface area contributed by atoms with Gasteiger partial charge in [0.15, 0.2) is 0 Å². The molecule has 4 heteroatoms. The lowest BCUT2D eigenvalue weighted by atomic mass is 9.83. The van der Waals surface area contributed by atoms with Gasteiger partial charge in [0.25, 0.3) is 0 Å². The fourth-order valence-corrected chi connectivity index (χ4v) is 3.18. The van der Waals surface area contributed by atoms with Gasteiger partial charge in [0.1, 0.15) is 11.4 Å². The van der Waals surface area contributed by atoms with Crippen molar-refractivity contribution in [3.63, 3.8) is 0 Å². The molecule has 0 aromatic heterocycles. The molecule has 3 rings (SSSR count). The number of rotatable bonds is 0. The maximum atomic E-state index is 6.26. The van der Waals surface area contributed by atoms with Gasteiger partial charge in [-0.15, -0.1) is 0 Å². The number of nitrogens with two attached hydrogens (primary N) is 1. The normalized spacial score (nSPS) is 23.2. The van der Waals surface area contributed by atoms with Crippen LogP contribution in [-0.2, 0) is 6.42 Å². The third-order valence-electron chi connectivity index (χ3n) is 3.91. The van der Waals surface area contributed by atoms with Gasteiger partial charge in [0.05, 0.1) is 0 Å². The average Bonchev–Trinajstić information content (AvgIpc) is 2.34. The van der Waals surface area contributed by atoms with Crippen molar-refractivity contribution < 1.29 is 4.74 Å². The maximum absolute atomic E-state index is 6.26. The first-order valence-corrected chi connectivity index (χ1v) is 6.93. The van der Waals surface area contributed by atoms with E-state index in [1.54, 1.807) is 0 Å². The molecule has 92 valence electrons. The fourth-order valence-electron chi connectivity index (χ4n) is 2.77. The summed E-state index contributed by atoms with van der Waals surface area (Å²) in [6, 6.07) is 6.30. The highest BCUT2D eigenvalue weighted by molar-refractivity contribution is 9.10. The van der Waals surface area contributed by atoms with Crippen molar-refractivity contribution in [2.75, 3.05) is 13.1 Å². The van der Waals surface area contributed by atoms with E-state index in [-0.39, 0.29) is 5.60 Å². The summed E-state index contributed by atoms with van der Waals surface area (Å²) in [5.41, 5.74) is 1.36. The molecule has 2 N–H and O–H groups in total. The van der Waals surface area contributed by atoms with Crippen molar-refractivity contribution in [2.24, 2.45) is 5.84 Å². The number of nitrogens with zero attached hydrogens (tertiary/aromatic N) is 1. The summed E-state index contributed by atoms with van der Waals surface area (Å²) in [7, 11) is 0. The Labute approximate surface area is 110 Å². The number of aryl methyl sites for hydroxylation is 1. The van der Waals surface area contributed by atoms with Crippen LogP contribution in [0.2, 0.25) is 0 Å². The summed E-state index contributed by atoms with van der Waals surface area (Å²) in [5.74, 6) is 6.87. The molecule has 2 aliphatic rings. The molecule has 1 spiro atoms. The molecule has 3 nitrogen and oxygen atoms in total. The molecule has 0 amide bonds. The van der Waals surface area contributed by atoms with Crippen LogP contribution >= 0.6 is 15.9 Å². The van der Waals surface area contributed by atoms with Crippen LogP contribution in [-0.4, -0.2) is 23.7 Å². The highest BCUT2D eigenvalue weighted by Crippen LogP contribution is 2.39. The van der Waals surface area contributed by atoms with E-state index < -0.39 is 0 Å². The Morgan fingerprint density at radius 3 is 2.76 bits per heavy atom. The van der Waals surface area contributed by atoms with Gasteiger partial charge in [-0.1, -0.05) is 15.9 Å². The monoisotopic (exact) mass is 296 g/mol. The van der Waals surface area contributed by atoms with Crippen LogP contribution in [0.1, 0.15) is 24.8 Å². The maximum Gasteiger partial charge on any atom is 0.123 e. The van der Waals surface area contributed by atoms with Crippen molar-refractivity contribution in [1.82, 2.24) is 5.01 Å². The molecule has 17 heavy (non-hydrogen) atoms. The van der Waals surface area contributed by atoms with E-state index in [1.807, 2.05) is 5.01 Å². The van der Waals surface area contributed by atoms with Crippen LogP contribution < -0.4 is 10.6 Å². The molecule has 1 saturated heterocycles. The molecule has 2 aliphatic heterocycles. The van der Waals surface area contributed by atoms with Gasteiger partial charge in [0.2, 0.25) is 0 Å². The minimum atomic E-state index is 0.0384. The Bertz CT molecular complexity index is 427. The lowest BCUT2D eigenvalue weighted by molar-refractivity contribution is -0.0147. The molecule has 1 fully saturated rings. The van der Waals surface area contributed by atoms with Crippen LogP contribution in [0.5, 0.6) is 5.75 Å². The second-order valence-corrected chi connectivity index (χ2v) is 5.99. The third kappa shape index (κ3) is 2.21. The summed E-state index contributed by atoms with van der Waals surface area (Å²) < 4.78 is 7.39. The van der Waals surface area contributed by atoms with Gasteiger partial charge in [-0.3, -0.25) is 5.84 Å². The van der Waals surface area contributed by atoms with Gasteiger partial charge in [-0.2, -0.15) is 0 Å². The topological polar surface area (TPSA) is 38.5 Å². The Kier molecular flexibility index (Phi) is 2.89. The fraction of sp³-hybridized carbons (Fsp3) is 0.538. The quantitative estimate of drug-likeness (QED) is 0.748. The highest BCUT2D eigenvalue weighted by atomic mass is 79.9. The second-order valence-electron chi connectivity index (χ2n) is 5.07.